The second-order valence-corrected chi connectivity index (χ2v) is 10.4. The molecule has 0 saturated heterocycles. The standard InChI is InChI=1S/C23H12NS.C5H5NO3S.Ir/c1-2-10-21-16(6-1)17-7-4-8-18(23(17)25-21)20-13-15-12-11-14-5-3-9-19(24-20)22(14)15;7-10(8,9)5-3-1-2-4-6-5;/h1-7,9-13H;1-4H,(H,7,8,9);/q-1;;. The largest absolute Gasteiger partial charge is 0.312 e. The molecule has 0 spiro atoms. The van der Waals surface area contributed by atoms with Crippen molar-refractivity contribution >= 4 is 64.7 Å². The molecule has 1 aliphatic rings. The fourth-order valence-corrected chi connectivity index (χ4v) is 5.96. The van der Waals surface area contributed by atoms with Gasteiger partial charge in [-0.2, -0.15) is 19.8 Å². The van der Waals surface area contributed by atoms with Crippen LogP contribution in [0.15, 0.2) is 90.1 Å². The molecule has 8 heteroatoms. The third-order valence-electron chi connectivity index (χ3n) is 5.84. The van der Waals surface area contributed by atoms with Crippen molar-refractivity contribution in [1.29, 1.82) is 0 Å². The molecule has 3 heterocycles. The molecule has 1 N–H and O–H groups in total. The van der Waals surface area contributed by atoms with E-state index in [4.69, 9.17) is 9.54 Å². The fraction of sp³-hybridized carbons (Fsp3) is 0. The zero-order chi connectivity index (χ0) is 24.0. The van der Waals surface area contributed by atoms with E-state index in [0.29, 0.717) is 0 Å². The van der Waals surface area contributed by atoms with Crippen LogP contribution in [0.25, 0.3) is 54.5 Å². The monoisotopic (exact) mass is 686 g/mol. The van der Waals surface area contributed by atoms with Crippen molar-refractivity contribution in [2.45, 2.75) is 5.03 Å². The molecule has 5 nitrogen and oxygen atoms in total. The van der Waals surface area contributed by atoms with Crippen LogP contribution in [0.3, 0.4) is 0 Å². The Balaban J connectivity index is 0.000000207. The summed E-state index contributed by atoms with van der Waals surface area (Å²) in [6.07, 6.45) is 5.66. The average molecular weight is 686 g/mol. The zero-order valence-electron chi connectivity index (χ0n) is 18.5. The van der Waals surface area contributed by atoms with Gasteiger partial charge in [-0.3, -0.25) is 9.54 Å². The van der Waals surface area contributed by atoms with Crippen LogP contribution in [0.5, 0.6) is 0 Å². The number of fused-ring (bicyclic) bond motifs is 3. The molecule has 7 rings (SSSR count). The Bertz CT molecular complexity index is 1880. The minimum absolute atomic E-state index is 0. The molecular formula is C28H17IrN2O3S2-. The van der Waals surface area contributed by atoms with E-state index in [-0.39, 0.29) is 25.1 Å². The smallest absolute Gasteiger partial charge is 0.296 e. The van der Waals surface area contributed by atoms with Crippen LogP contribution in [0.4, 0.5) is 0 Å². The van der Waals surface area contributed by atoms with Gasteiger partial charge in [-0.05, 0) is 51.2 Å². The van der Waals surface area contributed by atoms with Gasteiger partial charge in [0.1, 0.15) is 0 Å². The maximum absolute atomic E-state index is 10.3. The van der Waals surface area contributed by atoms with Gasteiger partial charge in [0, 0.05) is 36.4 Å². The number of hydrogen-bond donors (Lipinski definition) is 1. The minimum atomic E-state index is -4.11. The number of thiophene rings is 1. The first-order valence-corrected chi connectivity index (χ1v) is 13.1. The van der Waals surface area contributed by atoms with Gasteiger partial charge in [-0.15, -0.1) is 23.8 Å². The molecule has 0 aliphatic heterocycles. The predicted molar refractivity (Wildman–Crippen MR) is 142 cm³/mol. The molecule has 0 atom stereocenters. The van der Waals surface area contributed by atoms with E-state index in [1.165, 1.54) is 55.0 Å². The molecule has 3 aromatic carbocycles. The Morgan fingerprint density at radius 2 is 1.67 bits per heavy atom. The number of hydrogen-bond acceptors (Lipinski definition) is 5. The topological polar surface area (TPSA) is 80.2 Å². The summed E-state index contributed by atoms with van der Waals surface area (Å²) in [6.45, 7) is 0. The molecule has 0 amide bonds. The van der Waals surface area contributed by atoms with Crippen LogP contribution in [0, 0.1) is 6.07 Å². The van der Waals surface area contributed by atoms with Crippen molar-refractivity contribution < 1.29 is 33.1 Å². The number of nitrogens with zero attached hydrogens (tertiary/aromatic N) is 2. The molecule has 0 bridgehead atoms. The SMILES string of the molecule is O=S(=O)(O)c1ccccn1.[Ir].[c-]1ccc2c(sc3ccccc32)c1-c1cc2c3c(cccc3n1)C=C2. The summed E-state index contributed by atoms with van der Waals surface area (Å²) in [4.78, 5) is 8.37. The minimum Gasteiger partial charge on any atom is -0.296 e. The van der Waals surface area contributed by atoms with Crippen molar-refractivity contribution in [3.8, 4) is 11.3 Å². The van der Waals surface area contributed by atoms with E-state index in [1.54, 1.807) is 6.07 Å². The second kappa shape index (κ2) is 9.65. The summed E-state index contributed by atoms with van der Waals surface area (Å²) in [5.74, 6) is 0. The Morgan fingerprint density at radius 1 is 0.861 bits per heavy atom. The van der Waals surface area contributed by atoms with Gasteiger partial charge in [-0.1, -0.05) is 60.0 Å². The van der Waals surface area contributed by atoms with Gasteiger partial charge in [0.2, 0.25) is 0 Å². The molecule has 179 valence electrons. The van der Waals surface area contributed by atoms with Crippen molar-refractivity contribution in [1.82, 2.24) is 9.97 Å². The first-order chi connectivity index (χ1) is 17.0. The molecule has 0 fully saturated rings. The summed E-state index contributed by atoms with van der Waals surface area (Å²) in [5, 5.41) is 3.53. The van der Waals surface area contributed by atoms with E-state index < -0.39 is 10.1 Å². The maximum Gasteiger partial charge on any atom is 0.312 e. The molecule has 1 aliphatic carbocycles. The van der Waals surface area contributed by atoms with E-state index >= 15 is 0 Å². The second-order valence-electron chi connectivity index (χ2n) is 8.01. The van der Waals surface area contributed by atoms with Crippen LogP contribution in [0.1, 0.15) is 11.1 Å². The number of aromatic nitrogens is 2. The molecule has 0 unspecified atom stereocenters. The van der Waals surface area contributed by atoms with E-state index in [0.717, 1.165) is 16.8 Å². The summed E-state index contributed by atoms with van der Waals surface area (Å²) in [7, 11) is -4.11. The maximum atomic E-state index is 10.3. The summed E-state index contributed by atoms with van der Waals surface area (Å²) in [6, 6.07) is 29.0. The van der Waals surface area contributed by atoms with Gasteiger partial charge >= 0.3 is 10.1 Å². The number of pyridine rings is 2. The zero-order valence-corrected chi connectivity index (χ0v) is 22.6. The van der Waals surface area contributed by atoms with Crippen LogP contribution in [0.2, 0.25) is 0 Å². The van der Waals surface area contributed by atoms with Gasteiger partial charge in [0.25, 0.3) is 0 Å². The van der Waals surface area contributed by atoms with E-state index in [2.05, 4.69) is 77.8 Å². The molecular weight excluding hydrogens is 669 g/mol. The molecule has 36 heavy (non-hydrogen) atoms. The Labute approximate surface area is 225 Å². The fourth-order valence-electron chi connectivity index (χ4n) is 4.31. The summed E-state index contributed by atoms with van der Waals surface area (Å²) < 4.78 is 31.6. The van der Waals surface area contributed by atoms with Gasteiger partial charge < -0.3 is 0 Å². The van der Waals surface area contributed by atoms with Gasteiger partial charge in [0.05, 0.1) is 5.52 Å². The number of rotatable bonds is 2. The first kappa shape index (κ1) is 24.4. The van der Waals surface area contributed by atoms with E-state index in [9.17, 15) is 8.42 Å². The predicted octanol–water partition coefficient (Wildman–Crippen LogP) is 6.88. The molecule has 3 aromatic heterocycles. The van der Waals surface area contributed by atoms with Crippen molar-refractivity contribution in [2.24, 2.45) is 0 Å². The Morgan fingerprint density at radius 3 is 2.44 bits per heavy atom. The molecule has 1 radical (unpaired) electrons. The molecule has 0 saturated carbocycles. The van der Waals surface area contributed by atoms with Gasteiger partial charge in [0.15, 0.2) is 5.03 Å². The van der Waals surface area contributed by atoms with Crippen LogP contribution >= 0.6 is 11.3 Å². The van der Waals surface area contributed by atoms with Crippen molar-refractivity contribution in [3.05, 3.63) is 102 Å². The third-order valence-corrected chi connectivity index (χ3v) is 7.81. The summed E-state index contributed by atoms with van der Waals surface area (Å²) in [5.41, 5.74) is 5.67. The number of benzene rings is 3. The third kappa shape index (κ3) is 4.39. The van der Waals surface area contributed by atoms with Crippen LogP contribution in [-0.2, 0) is 30.2 Å². The van der Waals surface area contributed by atoms with Crippen LogP contribution in [-0.4, -0.2) is 22.9 Å². The van der Waals surface area contributed by atoms with Crippen molar-refractivity contribution in [2.75, 3.05) is 0 Å². The van der Waals surface area contributed by atoms with E-state index in [1.807, 2.05) is 17.4 Å². The quantitative estimate of drug-likeness (QED) is 0.159. The Kier molecular flexibility index (Phi) is 6.55. The Hall–Kier alpha value is -3.26. The van der Waals surface area contributed by atoms with Crippen LogP contribution < -0.4 is 0 Å². The van der Waals surface area contributed by atoms with Crippen molar-refractivity contribution in [3.63, 3.8) is 0 Å². The normalized spacial score (nSPS) is 11.9. The first-order valence-electron chi connectivity index (χ1n) is 10.8. The average Bonchev–Trinajstić information content (AvgIpc) is 3.47. The molecule has 6 aromatic rings. The van der Waals surface area contributed by atoms with Gasteiger partial charge in [-0.25, -0.2) is 4.98 Å². The summed E-state index contributed by atoms with van der Waals surface area (Å²) >= 11 is 1.83.